The molecule has 0 atom stereocenters. The molecular formula is C18H17N3O. The predicted molar refractivity (Wildman–Crippen MR) is 87.9 cm³/mol. The molecule has 4 heteroatoms. The molecule has 2 heterocycles. The number of fused-ring (bicyclic) bond motifs is 2. The highest BCUT2D eigenvalue weighted by Gasteiger charge is 2.20. The van der Waals surface area contributed by atoms with Crippen molar-refractivity contribution in [2.45, 2.75) is 13.0 Å². The summed E-state index contributed by atoms with van der Waals surface area (Å²) < 4.78 is 0. The van der Waals surface area contributed by atoms with Gasteiger partial charge in [0.2, 0.25) is 0 Å². The van der Waals surface area contributed by atoms with Crippen LogP contribution in [0.3, 0.4) is 0 Å². The summed E-state index contributed by atoms with van der Waals surface area (Å²) in [5.74, 6) is 0. The van der Waals surface area contributed by atoms with Gasteiger partial charge in [-0.3, -0.25) is 0 Å². The van der Waals surface area contributed by atoms with Crippen LogP contribution in [-0.2, 0) is 13.0 Å². The number of anilines is 1. The summed E-state index contributed by atoms with van der Waals surface area (Å²) in [6, 6.07) is 16.2. The fourth-order valence-electron chi connectivity index (χ4n) is 3.05. The van der Waals surface area contributed by atoms with Gasteiger partial charge < -0.3 is 15.2 Å². The molecule has 0 unspecified atom stereocenters. The first-order valence-corrected chi connectivity index (χ1v) is 7.50. The van der Waals surface area contributed by atoms with Gasteiger partial charge in [-0.1, -0.05) is 36.4 Å². The lowest BCUT2D eigenvalue weighted by Gasteiger charge is -2.29. The van der Waals surface area contributed by atoms with E-state index in [-0.39, 0.29) is 6.03 Å². The van der Waals surface area contributed by atoms with Crippen molar-refractivity contribution >= 4 is 22.6 Å². The number of aromatic amines is 1. The number of carbonyl (C=O) groups excluding carboxylic acids is 1. The highest BCUT2D eigenvalue weighted by atomic mass is 16.2. The van der Waals surface area contributed by atoms with Crippen LogP contribution in [0.15, 0.2) is 54.7 Å². The third kappa shape index (κ3) is 2.22. The number of benzene rings is 2. The molecule has 0 fully saturated rings. The third-order valence-electron chi connectivity index (χ3n) is 4.25. The molecule has 2 aromatic carbocycles. The van der Waals surface area contributed by atoms with Gasteiger partial charge in [-0.25, -0.2) is 4.79 Å². The number of nitrogens with zero attached hydrogens (tertiary/aromatic N) is 1. The smallest absolute Gasteiger partial charge is 0.322 e. The summed E-state index contributed by atoms with van der Waals surface area (Å²) in [6.45, 7) is 1.42. The Morgan fingerprint density at radius 2 is 1.91 bits per heavy atom. The lowest BCUT2D eigenvalue weighted by molar-refractivity contribution is 0.206. The molecule has 0 aliphatic carbocycles. The molecule has 0 bridgehead atoms. The topological polar surface area (TPSA) is 48.1 Å². The van der Waals surface area contributed by atoms with Gasteiger partial charge in [0, 0.05) is 24.7 Å². The molecule has 1 aliphatic heterocycles. The molecule has 110 valence electrons. The van der Waals surface area contributed by atoms with E-state index in [2.05, 4.69) is 28.5 Å². The van der Waals surface area contributed by atoms with Crippen LogP contribution >= 0.6 is 0 Å². The first-order valence-electron chi connectivity index (χ1n) is 7.50. The average molecular weight is 291 g/mol. The molecule has 0 saturated carbocycles. The Bertz CT molecular complexity index is 837. The summed E-state index contributed by atoms with van der Waals surface area (Å²) in [6.07, 6.45) is 2.80. The minimum atomic E-state index is -0.0448. The molecule has 2 amide bonds. The molecule has 0 spiro atoms. The number of H-pyrrole nitrogens is 1. The summed E-state index contributed by atoms with van der Waals surface area (Å²) in [4.78, 5) is 17.6. The maximum absolute atomic E-state index is 12.5. The SMILES string of the molecule is O=C(Nc1cccc2cc[nH]c12)N1CCc2ccccc2C1. The molecule has 1 aliphatic rings. The van der Waals surface area contributed by atoms with Crippen LogP contribution in [0.5, 0.6) is 0 Å². The van der Waals surface area contributed by atoms with Crippen LogP contribution in [0.25, 0.3) is 10.9 Å². The van der Waals surface area contributed by atoms with Crippen molar-refractivity contribution in [3.8, 4) is 0 Å². The van der Waals surface area contributed by atoms with Crippen molar-refractivity contribution in [1.82, 2.24) is 9.88 Å². The second-order valence-electron chi connectivity index (χ2n) is 5.62. The fraction of sp³-hybridized carbons (Fsp3) is 0.167. The van der Waals surface area contributed by atoms with Crippen LogP contribution in [0.4, 0.5) is 10.5 Å². The minimum Gasteiger partial charge on any atom is -0.359 e. The average Bonchev–Trinajstić information content (AvgIpc) is 3.04. The van der Waals surface area contributed by atoms with Crippen LogP contribution in [0.1, 0.15) is 11.1 Å². The maximum Gasteiger partial charge on any atom is 0.322 e. The van der Waals surface area contributed by atoms with Gasteiger partial charge in [0.25, 0.3) is 0 Å². The number of rotatable bonds is 1. The summed E-state index contributed by atoms with van der Waals surface area (Å²) in [5, 5.41) is 4.13. The van der Waals surface area contributed by atoms with Gasteiger partial charge in [-0.2, -0.15) is 0 Å². The van der Waals surface area contributed by atoms with E-state index < -0.39 is 0 Å². The van der Waals surface area contributed by atoms with Gasteiger partial charge in [-0.05, 0) is 29.7 Å². The Morgan fingerprint density at radius 3 is 2.82 bits per heavy atom. The largest absolute Gasteiger partial charge is 0.359 e. The Labute approximate surface area is 128 Å². The normalized spacial score (nSPS) is 13.9. The minimum absolute atomic E-state index is 0.0448. The summed E-state index contributed by atoms with van der Waals surface area (Å²) in [5.41, 5.74) is 4.37. The van der Waals surface area contributed by atoms with Crippen molar-refractivity contribution < 1.29 is 4.79 Å². The Morgan fingerprint density at radius 1 is 1.05 bits per heavy atom. The van der Waals surface area contributed by atoms with Crippen molar-refractivity contribution in [2.24, 2.45) is 0 Å². The number of aromatic nitrogens is 1. The summed E-state index contributed by atoms with van der Waals surface area (Å²) in [7, 11) is 0. The van der Waals surface area contributed by atoms with Crippen LogP contribution in [-0.4, -0.2) is 22.5 Å². The Kier molecular flexibility index (Phi) is 3.07. The van der Waals surface area contributed by atoms with Crippen LogP contribution < -0.4 is 5.32 Å². The highest BCUT2D eigenvalue weighted by Crippen LogP contribution is 2.23. The van der Waals surface area contributed by atoms with E-state index >= 15 is 0 Å². The van der Waals surface area contributed by atoms with Crippen molar-refractivity contribution in [3.05, 3.63) is 65.9 Å². The molecule has 22 heavy (non-hydrogen) atoms. The molecular weight excluding hydrogens is 274 g/mol. The lowest BCUT2D eigenvalue weighted by Crippen LogP contribution is -2.38. The van der Waals surface area contributed by atoms with Crippen molar-refractivity contribution in [2.75, 3.05) is 11.9 Å². The van der Waals surface area contributed by atoms with E-state index in [1.165, 1.54) is 11.1 Å². The third-order valence-corrected chi connectivity index (χ3v) is 4.25. The van der Waals surface area contributed by atoms with Gasteiger partial charge >= 0.3 is 6.03 Å². The van der Waals surface area contributed by atoms with E-state index in [0.717, 1.165) is 29.6 Å². The van der Waals surface area contributed by atoms with E-state index in [1.54, 1.807) is 0 Å². The second kappa shape index (κ2) is 5.22. The first-order chi connectivity index (χ1) is 10.8. The van der Waals surface area contributed by atoms with Crippen molar-refractivity contribution in [1.29, 1.82) is 0 Å². The number of para-hydroxylation sites is 1. The molecule has 0 radical (unpaired) electrons. The molecule has 2 N–H and O–H groups in total. The van der Waals surface area contributed by atoms with Gasteiger partial charge in [0.05, 0.1) is 11.2 Å². The quantitative estimate of drug-likeness (QED) is 0.704. The number of amides is 2. The monoisotopic (exact) mass is 291 g/mol. The molecule has 4 rings (SSSR count). The number of carbonyl (C=O) groups is 1. The zero-order valence-electron chi connectivity index (χ0n) is 12.2. The number of hydrogen-bond acceptors (Lipinski definition) is 1. The first kappa shape index (κ1) is 13.0. The molecule has 3 aromatic rings. The second-order valence-corrected chi connectivity index (χ2v) is 5.62. The number of nitrogens with one attached hydrogen (secondary N) is 2. The van der Waals surface area contributed by atoms with E-state index in [1.807, 2.05) is 41.4 Å². The van der Waals surface area contributed by atoms with Gasteiger partial charge in [-0.15, -0.1) is 0 Å². The molecule has 4 nitrogen and oxygen atoms in total. The Hall–Kier alpha value is -2.75. The molecule has 0 saturated heterocycles. The predicted octanol–water partition coefficient (Wildman–Crippen LogP) is 3.76. The Balaban J connectivity index is 1.55. The zero-order chi connectivity index (χ0) is 14.9. The lowest BCUT2D eigenvalue weighted by atomic mass is 10.0. The van der Waals surface area contributed by atoms with Crippen LogP contribution in [0.2, 0.25) is 0 Å². The van der Waals surface area contributed by atoms with E-state index in [4.69, 9.17) is 0 Å². The number of urea groups is 1. The van der Waals surface area contributed by atoms with Crippen molar-refractivity contribution in [3.63, 3.8) is 0 Å². The fourth-order valence-corrected chi connectivity index (χ4v) is 3.05. The standard InChI is InChI=1S/C18H17N3O/c22-18(20-16-7-3-6-14-8-10-19-17(14)16)21-11-9-13-4-1-2-5-15(13)12-21/h1-8,10,19H,9,11-12H2,(H,20,22). The zero-order valence-corrected chi connectivity index (χ0v) is 12.2. The summed E-state index contributed by atoms with van der Waals surface area (Å²) >= 11 is 0. The van der Waals surface area contributed by atoms with Gasteiger partial charge in [0.1, 0.15) is 0 Å². The van der Waals surface area contributed by atoms with Gasteiger partial charge in [0.15, 0.2) is 0 Å². The number of hydrogen-bond donors (Lipinski definition) is 2. The highest BCUT2D eigenvalue weighted by molar-refractivity contribution is 5.99. The van der Waals surface area contributed by atoms with E-state index in [0.29, 0.717) is 6.54 Å². The van der Waals surface area contributed by atoms with Crippen LogP contribution in [0, 0.1) is 0 Å². The van der Waals surface area contributed by atoms with E-state index in [9.17, 15) is 4.79 Å². The maximum atomic E-state index is 12.5. The molecule has 1 aromatic heterocycles.